The molecule has 0 spiro atoms. The van der Waals surface area contributed by atoms with Gasteiger partial charge in [-0.15, -0.1) is 0 Å². The van der Waals surface area contributed by atoms with Crippen LogP contribution in [0, 0.1) is 0 Å². The highest BCUT2D eigenvalue weighted by atomic mass is 15.0. The lowest BCUT2D eigenvalue weighted by Crippen LogP contribution is -2.16. The lowest BCUT2D eigenvalue weighted by Gasteiger charge is -2.22. The van der Waals surface area contributed by atoms with Crippen molar-refractivity contribution in [3.8, 4) is 0 Å². The molecule has 0 aliphatic rings. The molecule has 29 heavy (non-hydrogen) atoms. The third-order valence-corrected chi connectivity index (χ3v) is 5.80. The quantitative estimate of drug-likeness (QED) is 0.277. The molecular weight excluding hydrogens is 354 g/mol. The number of hydrogen-bond acceptors (Lipinski definition) is 2. The van der Waals surface area contributed by atoms with Gasteiger partial charge in [0.2, 0.25) is 0 Å². The minimum atomic E-state index is -0.100. The monoisotopic (exact) mass is 381 g/mol. The van der Waals surface area contributed by atoms with E-state index < -0.39 is 0 Å². The Morgan fingerprint density at radius 3 is 2.17 bits per heavy atom. The summed E-state index contributed by atoms with van der Waals surface area (Å²) in [6.45, 7) is 13.4. The summed E-state index contributed by atoms with van der Waals surface area (Å²) in [5, 5.41) is 3.52. The van der Waals surface area contributed by atoms with E-state index in [1.165, 1.54) is 16.3 Å². The van der Waals surface area contributed by atoms with Gasteiger partial charge in [0.05, 0.1) is 16.7 Å². The molecule has 5 rings (SSSR count). The Morgan fingerprint density at radius 1 is 0.690 bits per heavy atom. The molecule has 0 N–H and O–H groups in total. The number of hydrogen-bond donors (Lipinski definition) is 0. The van der Waals surface area contributed by atoms with Crippen molar-refractivity contribution in [3.63, 3.8) is 0 Å². The van der Waals surface area contributed by atoms with Crippen molar-refractivity contribution in [1.82, 2.24) is 14.4 Å². The van der Waals surface area contributed by atoms with Gasteiger partial charge in [0, 0.05) is 22.4 Å². The van der Waals surface area contributed by atoms with Crippen LogP contribution in [-0.4, -0.2) is 14.4 Å². The average Bonchev–Trinajstić information content (AvgIpc) is 3.04. The first-order valence-corrected chi connectivity index (χ1v) is 10.3. The maximum absolute atomic E-state index is 5.26. The molecule has 0 amide bonds. The molecule has 0 aliphatic heterocycles. The van der Waals surface area contributed by atoms with Gasteiger partial charge < -0.3 is 0 Å². The SMILES string of the molecule is CC(C)(C)c1ccc2nc3c4ccc5ccccc5c4nc(C(C)(C)C)c3n2c1. The molecule has 0 aliphatic carbocycles. The fourth-order valence-corrected chi connectivity index (χ4v) is 4.16. The Morgan fingerprint density at radius 2 is 1.45 bits per heavy atom. The Hall–Kier alpha value is -2.94. The Balaban J connectivity index is 2.02. The highest BCUT2D eigenvalue weighted by Gasteiger charge is 2.25. The third kappa shape index (κ3) is 2.71. The van der Waals surface area contributed by atoms with Crippen LogP contribution in [0.3, 0.4) is 0 Å². The van der Waals surface area contributed by atoms with Crippen molar-refractivity contribution in [3.05, 3.63) is 66.0 Å². The Bertz CT molecular complexity index is 1410. The number of imidazole rings is 1. The molecule has 3 heterocycles. The van der Waals surface area contributed by atoms with Gasteiger partial charge in [0.25, 0.3) is 0 Å². The van der Waals surface area contributed by atoms with Crippen LogP contribution in [0.25, 0.3) is 38.4 Å². The van der Waals surface area contributed by atoms with Crippen LogP contribution < -0.4 is 0 Å². The van der Waals surface area contributed by atoms with Gasteiger partial charge in [-0.3, -0.25) is 4.40 Å². The van der Waals surface area contributed by atoms with Crippen LogP contribution in [-0.2, 0) is 10.8 Å². The lowest BCUT2D eigenvalue weighted by atomic mass is 9.88. The summed E-state index contributed by atoms with van der Waals surface area (Å²) in [7, 11) is 0. The van der Waals surface area contributed by atoms with Crippen LogP contribution in [0.4, 0.5) is 0 Å². The molecule has 5 aromatic rings. The largest absolute Gasteiger partial charge is 0.298 e. The first-order chi connectivity index (χ1) is 13.6. The second-order valence-corrected chi connectivity index (χ2v) is 10.1. The molecule has 0 fully saturated rings. The zero-order valence-electron chi connectivity index (χ0n) is 18.0. The molecule has 3 heteroatoms. The fourth-order valence-electron chi connectivity index (χ4n) is 4.16. The van der Waals surface area contributed by atoms with E-state index in [-0.39, 0.29) is 10.8 Å². The molecule has 3 nitrogen and oxygen atoms in total. The zero-order chi connectivity index (χ0) is 20.6. The molecule has 0 saturated heterocycles. The summed E-state index contributed by atoms with van der Waals surface area (Å²) in [5.74, 6) is 0. The number of benzene rings is 2. The van der Waals surface area contributed by atoms with Crippen molar-refractivity contribution in [2.24, 2.45) is 0 Å². The highest BCUT2D eigenvalue weighted by Crippen LogP contribution is 2.36. The van der Waals surface area contributed by atoms with Gasteiger partial charge >= 0.3 is 0 Å². The van der Waals surface area contributed by atoms with Crippen molar-refractivity contribution >= 4 is 38.4 Å². The zero-order valence-corrected chi connectivity index (χ0v) is 18.0. The van der Waals surface area contributed by atoms with Crippen molar-refractivity contribution < 1.29 is 0 Å². The maximum Gasteiger partial charge on any atom is 0.138 e. The number of nitrogens with zero attached hydrogens (tertiary/aromatic N) is 3. The second kappa shape index (κ2) is 5.79. The highest BCUT2D eigenvalue weighted by molar-refractivity contribution is 6.14. The van der Waals surface area contributed by atoms with Crippen LogP contribution >= 0.6 is 0 Å². The van der Waals surface area contributed by atoms with Gasteiger partial charge in [-0.2, -0.15) is 0 Å². The molecule has 0 saturated carbocycles. The number of rotatable bonds is 0. The van der Waals surface area contributed by atoms with Gasteiger partial charge in [-0.05, 0) is 28.5 Å². The van der Waals surface area contributed by atoms with E-state index in [0.717, 1.165) is 33.3 Å². The van der Waals surface area contributed by atoms with E-state index in [2.05, 4.69) is 101 Å². The summed E-state index contributed by atoms with van der Waals surface area (Å²) in [4.78, 5) is 10.3. The smallest absolute Gasteiger partial charge is 0.138 e. The summed E-state index contributed by atoms with van der Waals surface area (Å²) in [5.41, 5.74) is 6.54. The molecule has 0 atom stereocenters. The van der Waals surface area contributed by atoms with Gasteiger partial charge in [0.15, 0.2) is 0 Å². The van der Waals surface area contributed by atoms with E-state index in [9.17, 15) is 0 Å². The van der Waals surface area contributed by atoms with E-state index in [1.54, 1.807) is 0 Å². The van der Waals surface area contributed by atoms with Crippen LogP contribution in [0.1, 0.15) is 52.8 Å². The summed E-state index contributed by atoms with van der Waals surface area (Å²) in [6.07, 6.45) is 2.24. The third-order valence-electron chi connectivity index (χ3n) is 5.80. The van der Waals surface area contributed by atoms with Crippen LogP contribution in [0.5, 0.6) is 0 Å². The normalized spacial score (nSPS) is 13.2. The molecule has 2 aromatic carbocycles. The van der Waals surface area contributed by atoms with E-state index in [0.29, 0.717) is 0 Å². The van der Waals surface area contributed by atoms with Gasteiger partial charge in [-0.1, -0.05) is 77.9 Å². The standard InChI is InChI=1S/C26H27N3/c1-25(2,3)17-12-14-20-27-22-19-13-11-16-9-7-8-10-18(16)21(19)28-24(26(4,5)6)23(22)29(20)15-17/h7-15H,1-6H3. The predicted molar refractivity (Wildman–Crippen MR) is 123 cm³/mol. The Labute approximate surface area is 171 Å². The van der Waals surface area contributed by atoms with Crippen molar-refractivity contribution in [1.29, 1.82) is 0 Å². The van der Waals surface area contributed by atoms with Gasteiger partial charge in [-0.25, -0.2) is 9.97 Å². The summed E-state index contributed by atoms with van der Waals surface area (Å²) < 4.78 is 2.25. The summed E-state index contributed by atoms with van der Waals surface area (Å²) in [6, 6.07) is 17.2. The van der Waals surface area contributed by atoms with Crippen molar-refractivity contribution in [2.45, 2.75) is 52.4 Å². The van der Waals surface area contributed by atoms with Crippen molar-refractivity contribution in [2.75, 3.05) is 0 Å². The van der Waals surface area contributed by atoms with Crippen LogP contribution in [0.2, 0.25) is 0 Å². The van der Waals surface area contributed by atoms with Gasteiger partial charge in [0.1, 0.15) is 11.2 Å². The average molecular weight is 382 g/mol. The molecule has 0 unspecified atom stereocenters. The number of aromatic nitrogens is 3. The lowest BCUT2D eigenvalue weighted by molar-refractivity contribution is 0.575. The molecular formula is C26H27N3. The fraction of sp³-hybridized carbons (Fsp3) is 0.308. The van der Waals surface area contributed by atoms with E-state index >= 15 is 0 Å². The molecule has 0 radical (unpaired) electrons. The Kier molecular flexibility index (Phi) is 3.62. The molecule has 3 aromatic heterocycles. The topological polar surface area (TPSA) is 30.2 Å². The van der Waals surface area contributed by atoms with E-state index in [4.69, 9.17) is 9.97 Å². The predicted octanol–water partition coefficient (Wildman–Crippen LogP) is 6.78. The number of fused-ring (bicyclic) bond motifs is 7. The first kappa shape index (κ1) is 18.1. The first-order valence-electron chi connectivity index (χ1n) is 10.3. The minimum absolute atomic E-state index is 0.0765. The number of pyridine rings is 2. The van der Waals surface area contributed by atoms with E-state index in [1.807, 2.05) is 0 Å². The second-order valence-electron chi connectivity index (χ2n) is 10.1. The molecule has 0 bridgehead atoms. The summed E-state index contributed by atoms with van der Waals surface area (Å²) >= 11 is 0. The molecule has 146 valence electrons. The maximum atomic E-state index is 5.26. The van der Waals surface area contributed by atoms with Crippen LogP contribution in [0.15, 0.2) is 54.7 Å². The minimum Gasteiger partial charge on any atom is -0.298 e.